The molecule has 0 aromatic heterocycles. The van der Waals surface area contributed by atoms with E-state index in [9.17, 15) is 4.79 Å². The van der Waals surface area contributed by atoms with Crippen LogP contribution >= 0.6 is 0 Å². The van der Waals surface area contributed by atoms with Crippen molar-refractivity contribution in [2.45, 2.75) is 33.2 Å². The van der Waals surface area contributed by atoms with Gasteiger partial charge in [-0.25, -0.2) is 0 Å². The van der Waals surface area contributed by atoms with E-state index in [1.807, 2.05) is 6.92 Å². The Bertz CT molecular complexity index is 359. The average Bonchev–Trinajstić information content (AvgIpc) is 2.28. The number of rotatable bonds is 5. The van der Waals surface area contributed by atoms with Gasteiger partial charge in [-0.2, -0.15) is 0 Å². The molecule has 0 aliphatic carbocycles. The van der Waals surface area contributed by atoms with Crippen molar-refractivity contribution >= 4 is 11.6 Å². The van der Waals surface area contributed by atoms with Gasteiger partial charge in [-0.1, -0.05) is 13.8 Å². The minimum absolute atomic E-state index is 0.0401. The number of amides is 1. The predicted octanol–water partition coefficient (Wildman–Crippen LogP) is 2.14. The van der Waals surface area contributed by atoms with Crippen LogP contribution < -0.4 is 16.6 Å². The summed E-state index contributed by atoms with van der Waals surface area (Å²) in [5.41, 5.74) is 3.97. The van der Waals surface area contributed by atoms with E-state index in [1.54, 1.807) is 24.3 Å². The fraction of sp³-hybridized carbons (Fsp3) is 0.462. The Hall–Kier alpha value is -1.55. The molecule has 0 fully saturated rings. The monoisotopic (exact) mass is 235 g/mol. The number of hydrogen-bond acceptors (Lipinski definition) is 3. The van der Waals surface area contributed by atoms with Crippen molar-refractivity contribution in [1.82, 2.24) is 5.32 Å². The Morgan fingerprint density at radius 1 is 1.24 bits per heavy atom. The molecule has 94 valence electrons. The molecule has 1 amide bonds. The summed E-state index contributed by atoms with van der Waals surface area (Å²) in [4.78, 5) is 11.9. The van der Waals surface area contributed by atoms with E-state index in [1.165, 1.54) is 0 Å². The highest BCUT2D eigenvalue weighted by atomic mass is 16.1. The summed E-state index contributed by atoms with van der Waals surface area (Å²) < 4.78 is 0. The van der Waals surface area contributed by atoms with E-state index in [4.69, 9.17) is 5.84 Å². The van der Waals surface area contributed by atoms with Gasteiger partial charge >= 0.3 is 0 Å². The summed E-state index contributed by atoms with van der Waals surface area (Å²) in [6.45, 7) is 6.31. The maximum absolute atomic E-state index is 11.9. The van der Waals surface area contributed by atoms with Crippen molar-refractivity contribution < 1.29 is 4.79 Å². The Balaban J connectivity index is 2.57. The van der Waals surface area contributed by atoms with E-state index >= 15 is 0 Å². The number of anilines is 1. The number of nitrogen functional groups attached to an aromatic ring is 1. The fourth-order valence-electron chi connectivity index (χ4n) is 1.79. The molecular formula is C13H21N3O. The second-order valence-corrected chi connectivity index (χ2v) is 4.73. The standard InChI is InChI=1S/C13H21N3O/c1-9(2)8-10(3)15-13(17)11-4-6-12(16-14)7-5-11/h4-7,9-10,16H,8,14H2,1-3H3,(H,15,17). The molecule has 0 aliphatic heterocycles. The third-order valence-corrected chi connectivity index (χ3v) is 2.52. The molecule has 0 aliphatic rings. The van der Waals surface area contributed by atoms with Crippen LogP contribution in [0.4, 0.5) is 5.69 Å². The second kappa shape index (κ2) is 6.25. The number of nitrogens with two attached hydrogens (primary N) is 1. The molecule has 0 radical (unpaired) electrons. The Morgan fingerprint density at radius 2 is 1.82 bits per heavy atom. The molecule has 4 N–H and O–H groups in total. The summed E-state index contributed by atoms with van der Waals surface area (Å²) >= 11 is 0. The first-order valence-electron chi connectivity index (χ1n) is 5.90. The normalized spacial score (nSPS) is 12.3. The Morgan fingerprint density at radius 3 is 2.29 bits per heavy atom. The zero-order chi connectivity index (χ0) is 12.8. The number of carbonyl (C=O) groups excluding carboxylic acids is 1. The molecule has 1 unspecified atom stereocenters. The van der Waals surface area contributed by atoms with Crippen LogP contribution in [0.2, 0.25) is 0 Å². The van der Waals surface area contributed by atoms with Crippen molar-refractivity contribution in [3.63, 3.8) is 0 Å². The first-order chi connectivity index (χ1) is 8.02. The van der Waals surface area contributed by atoms with Crippen LogP contribution in [0.3, 0.4) is 0 Å². The maximum Gasteiger partial charge on any atom is 0.251 e. The topological polar surface area (TPSA) is 67.2 Å². The van der Waals surface area contributed by atoms with E-state index in [-0.39, 0.29) is 11.9 Å². The van der Waals surface area contributed by atoms with E-state index in [2.05, 4.69) is 24.6 Å². The number of benzene rings is 1. The highest BCUT2D eigenvalue weighted by Crippen LogP contribution is 2.09. The van der Waals surface area contributed by atoms with Gasteiger partial charge in [0.05, 0.1) is 0 Å². The summed E-state index contributed by atoms with van der Waals surface area (Å²) in [5.74, 6) is 5.80. The molecule has 0 saturated heterocycles. The van der Waals surface area contributed by atoms with Crippen molar-refractivity contribution in [2.24, 2.45) is 11.8 Å². The maximum atomic E-state index is 11.9. The van der Waals surface area contributed by atoms with Gasteiger partial charge in [0.1, 0.15) is 0 Å². The van der Waals surface area contributed by atoms with Gasteiger partial charge in [-0.3, -0.25) is 10.6 Å². The van der Waals surface area contributed by atoms with Crippen LogP contribution in [-0.4, -0.2) is 11.9 Å². The average molecular weight is 235 g/mol. The molecular weight excluding hydrogens is 214 g/mol. The number of nitrogens with one attached hydrogen (secondary N) is 2. The van der Waals surface area contributed by atoms with Gasteiger partial charge in [0.2, 0.25) is 0 Å². The summed E-state index contributed by atoms with van der Waals surface area (Å²) in [5, 5.41) is 2.97. The number of carbonyl (C=O) groups is 1. The lowest BCUT2D eigenvalue weighted by Crippen LogP contribution is -2.33. The molecule has 1 aromatic carbocycles. The number of hydrazine groups is 1. The molecule has 4 nitrogen and oxygen atoms in total. The molecule has 0 bridgehead atoms. The van der Waals surface area contributed by atoms with Gasteiger partial charge in [0.15, 0.2) is 0 Å². The van der Waals surface area contributed by atoms with E-state index < -0.39 is 0 Å². The molecule has 1 atom stereocenters. The van der Waals surface area contributed by atoms with Gasteiger partial charge in [-0.05, 0) is 43.5 Å². The lowest BCUT2D eigenvalue weighted by molar-refractivity contribution is 0.0936. The highest BCUT2D eigenvalue weighted by molar-refractivity contribution is 5.94. The zero-order valence-corrected chi connectivity index (χ0v) is 10.7. The predicted molar refractivity (Wildman–Crippen MR) is 70.6 cm³/mol. The summed E-state index contributed by atoms with van der Waals surface area (Å²) in [6.07, 6.45) is 0.980. The largest absolute Gasteiger partial charge is 0.350 e. The Labute approximate surface area is 103 Å². The molecule has 17 heavy (non-hydrogen) atoms. The van der Waals surface area contributed by atoms with Crippen molar-refractivity contribution in [1.29, 1.82) is 0 Å². The summed E-state index contributed by atoms with van der Waals surface area (Å²) in [6, 6.07) is 7.26. The SMILES string of the molecule is CC(C)CC(C)NC(=O)c1ccc(NN)cc1. The lowest BCUT2D eigenvalue weighted by Gasteiger charge is -2.16. The van der Waals surface area contributed by atoms with Crippen LogP contribution in [0.25, 0.3) is 0 Å². The van der Waals surface area contributed by atoms with Crippen LogP contribution in [0.1, 0.15) is 37.6 Å². The minimum Gasteiger partial charge on any atom is -0.350 e. The zero-order valence-electron chi connectivity index (χ0n) is 10.7. The number of hydrogen-bond donors (Lipinski definition) is 3. The van der Waals surface area contributed by atoms with Crippen LogP contribution in [0, 0.1) is 5.92 Å². The third-order valence-electron chi connectivity index (χ3n) is 2.52. The molecule has 1 aromatic rings. The Kier molecular flexibility index (Phi) is 4.97. The second-order valence-electron chi connectivity index (χ2n) is 4.73. The smallest absolute Gasteiger partial charge is 0.251 e. The molecule has 0 saturated carbocycles. The highest BCUT2D eigenvalue weighted by Gasteiger charge is 2.10. The van der Waals surface area contributed by atoms with Crippen LogP contribution in [0.5, 0.6) is 0 Å². The fourth-order valence-corrected chi connectivity index (χ4v) is 1.79. The first-order valence-corrected chi connectivity index (χ1v) is 5.90. The molecule has 0 heterocycles. The minimum atomic E-state index is -0.0401. The van der Waals surface area contributed by atoms with E-state index in [0.29, 0.717) is 11.5 Å². The lowest BCUT2D eigenvalue weighted by atomic mass is 10.0. The van der Waals surface area contributed by atoms with Crippen LogP contribution in [0.15, 0.2) is 24.3 Å². The molecule has 4 heteroatoms. The van der Waals surface area contributed by atoms with E-state index in [0.717, 1.165) is 12.1 Å². The quantitative estimate of drug-likeness (QED) is 0.541. The first kappa shape index (κ1) is 13.5. The van der Waals surface area contributed by atoms with Gasteiger partial charge in [-0.15, -0.1) is 0 Å². The van der Waals surface area contributed by atoms with Gasteiger partial charge < -0.3 is 10.7 Å². The van der Waals surface area contributed by atoms with Crippen molar-refractivity contribution in [3.05, 3.63) is 29.8 Å². The molecule has 1 rings (SSSR count). The summed E-state index contributed by atoms with van der Waals surface area (Å²) in [7, 11) is 0. The van der Waals surface area contributed by atoms with Crippen LogP contribution in [-0.2, 0) is 0 Å². The van der Waals surface area contributed by atoms with Gasteiger partial charge in [0, 0.05) is 17.3 Å². The van der Waals surface area contributed by atoms with Gasteiger partial charge in [0.25, 0.3) is 5.91 Å². The van der Waals surface area contributed by atoms with Crippen molar-refractivity contribution in [2.75, 3.05) is 5.43 Å². The molecule has 0 spiro atoms. The third kappa shape index (κ3) is 4.44. The van der Waals surface area contributed by atoms with Crippen molar-refractivity contribution in [3.8, 4) is 0 Å².